The Bertz CT molecular complexity index is 1500. The molecule has 0 unspecified atom stereocenters. The summed E-state index contributed by atoms with van der Waals surface area (Å²) in [5.41, 5.74) is 6.17. The number of nitrogens with zero attached hydrogens (tertiary/aromatic N) is 1. The van der Waals surface area contributed by atoms with Gasteiger partial charge >= 0.3 is 5.97 Å². The van der Waals surface area contributed by atoms with Gasteiger partial charge in [0.2, 0.25) is 5.75 Å². The third-order valence-corrected chi connectivity index (χ3v) is 6.94. The molecule has 8 heteroatoms. The minimum atomic E-state index is -0.478. The summed E-state index contributed by atoms with van der Waals surface area (Å²) in [5.74, 6) is 1.11. The molecule has 0 fully saturated rings. The third kappa shape index (κ3) is 3.89. The lowest BCUT2D eigenvalue weighted by Crippen LogP contribution is -2.13. The summed E-state index contributed by atoms with van der Waals surface area (Å²) in [7, 11) is 7.53. The van der Waals surface area contributed by atoms with Crippen molar-refractivity contribution in [1.29, 1.82) is 0 Å². The Balaban J connectivity index is 1.94. The fraction of sp³-hybridized carbons (Fsp3) is 0.233. The molecule has 196 valence electrons. The molecule has 1 N–H and O–H groups in total. The van der Waals surface area contributed by atoms with Crippen molar-refractivity contribution in [2.75, 3.05) is 35.5 Å². The van der Waals surface area contributed by atoms with E-state index in [4.69, 9.17) is 23.7 Å². The molecular weight excluding hydrogens is 486 g/mol. The lowest BCUT2D eigenvalue weighted by atomic mass is 9.91. The SMILES string of the molecule is COC(=O)c1c(-c2ccccc2)c2n(c1-c1cc(OC)c(O)c(OC)c1)CCc1cc(OC)c(OC)cc1-2. The first-order valence-electron chi connectivity index (χ1n) is 12.1. The molecule has 3 aromatic carbocycles. The number of carbonyl (C=O) groups is 1. The van der Waals surface area contributed by atoms with Crippen LogP contribution in [-0.2, 0) is 17.7 Å². The normalized spacial score (nSPS) is 11.8. The van der Waals surface area contributed by atoms with Crippen LogP contribution >= 0.6 is 0 Å². The molecule has 0 amide bonds. The number of phenols is 1. The first-order chi connectivity index (χ1) is 18.5. The van der Waals surface area contributed by atoms with Gasteiger partial charge < -0.3 is 33.4 Å². The molecule has 0 saturated carbocycles. The number of aryl methyl sites for hydroxylation is 1. The van der Waals surface area contributed by atoms with E-state index in [1.807, 2.05) is 42.5 Å². The predicted octanol–water partition coefficient (Wildman–Crippen LogP) is 5.57. The molecule has 1 aromatic heterocycles. The van der Waals surface area contributed by atoms with Crippen LogP contribution in [0.5, 0.6) is 28.7 Å². The zero-order valence-corrected chi connectivity index (χ0v) is 22.0. The summed E-state index contributed by atoms with van der Waals surface area (Å²) in [6, 6.07) is 17.1. The van der Waals surface area contributed by atoms with Crippen molar-refractivity contribution in [3.63, 3.8) is 0 Å². The van der Waals surface area contributed by atoms with Crippen LogP contribution < -0.4 is 18.9 Å². The van der Waals surface area contributed by atoms with Gasteiger partial charge in [-0.1, -0.05) is 30.3 Å². The van der Waals surface area contributed by atoms with Gasteiger partial charge in [0.25, 0.3) is 0 Å². The number of esters is 1. The van der Waals surface area contributed by atoms with Gasteiger partial charge in [0.05, 0.1) is 52.5 Å². The number of aromatic hydroxyl groups is 1. The standard InChI is InChI=1S/C30H29NO7/c1-34-21-13-18-11-12-31-27(19-14-23(36-3)29(32)24(15-19)37-4)26(30(33)38-5)25(17-9-7-6-8-10-17)28(31)20(18)16-22(21)35-2/h6-10,13-16,32H,11-12H2,1-5H3. The van der Waals surface area contributed by atoms with Gasteiger partial charge in [0.1, 0.15) is 0 Å². The second kappa shape index (κ2) is 10.0. The number of methoxy groups -OCH3 is 5. The molecule has 0 saturated heterocycles. The van der Waals surface area contributed by atoms with E-state index < -0.39 is 5.97 Å². The molecule has 38 heavy (non-hydrogen) atoms. The van der Waals surface area contributed by atoms with E-state index in [1.54, 1.807) is 26.4 Å². The number of fused-ring (bicyclic) bond motifs is 3. The highest BCUT2D eigenvalue weighted by Crippen LogP contribution is 2.50. The van der Waals surface area contributed by atoms with Gasteiger partial charge in [-0.3, -0.25) is 0 Å². The maximum atomic E-state index is 13.5. The van der Waals surface area contributed by atoms with Crippen LogP contribution in [0.4, 0.5) is 0 Å². The molecule has 0 bridgehead atoms. The second-order valence-corrected chi connectivity index (χ2v) is 8.80. The number of benzene rings is 3. The zero-order chi connectivity index (χ0) is 27.0. The van der Waals surface area contributed by atoms with Crippen LogP contribution in [0, 0.1) is 0 Å². The molecule has 8 nitrogen and oxygen atoms in total. The predicted molar refractivity (Wildman–Crippen MR) is 144 cm³/mol. The average molecular weight is 516 g/mol. The van der Waals surface area contributed by atoms with Crippen molar-refractivity contribution in [2.24, 2.45) is 0 Å². The summed E-state index contributed by atoms with van der Waals surface area (Å²) in [5, 5.41) is 10.6. The van der Waals surface area contributed by atoms with Gasteiger partial charge in [0.15, 0.2) is 23.0 Å². The van der Waals surface area contributed by atoms with E-state index in [1.165, 1.54) is 21.3 Å². The monoisotopic (exact) mass is 515 g/mol. The molecule has 0 spiro atoms. The largest absolute Gasteiger partial charge is 0.502 e. The number of ether oxygens (including phenoxy) is 5. The Hall–Kier alpha value is -4.59. The van der Waals surface area contributed by atoms with E-state index in [9.17, 15) is 9.90 Å². The highest BCUT2D eigenvalue weighted by molar-refractivity contribution is 6.09. The molecule has 0 aliphatic carbocycles. The van der Waals surface area contributed by atoms with Crippen LogP contribution in [0.3, 0.4) is 0 Å². The smallest absolute Gasteiger partial charge is 0.340 e. The highest BCUT2D eigenvalue weighted by Gasteiger charge is 2.34. The number of carbonyl (C=O) groups excluding carboxylic acids is 1. The van der Waals surface area contributed by atoms with Crippen LogP contribution in [0.15, 0.2) is 54.6 Å². The number of aromatic nitrogens is 1. The van der Waals surface area contributed by atoms with E-state index in [0.29, 0.717) is 41.3 Å². The maximum Gasteiger partial charge on any atom is 0.340 e. The molecule has 0 atom stereocenters. The van der Waals surface area contributed by atoms with E-state index >= 15 is 0 Å². The first-order valence-corrected chi connectivity index (χ1v) is 12.1. The maximum absolute atomic E-state index is 13.5. The molecule has 1 aliphatic rings. The topological polar surface area (TPSA) is 88.4 Å². The summed E-state index contributed by atoms with van der Waals surface area (Å²) >= 11 is 0. The lowest BCUT2D eigenvalue weighted by molar-refractivity contribution is 0.0602. The lowest BCUT2D eigenvalue weighted by Gasteiger charge is -2.24. The van der Waals surface area contributed by atoms with Gasteiger partial charge in [-0.05, 0) is 41.8 Å². The quantitative estimate of drug-likeness (QED) is 0.322. The van der Waals surface area contributed by atoms with Crippen molar-refractivity contribution in [3.8, 4) is 62.4 Å². The van der Waals surface area contributed by atoms with Gasteiger partial charge in [-0.2, -0.15) is 0 Å². The van der Waals surface area contributed by atoms with Crippen molar-refractivity contribution in [1.82, 2.24) is 4.57 Å². The van der Waals surface area contributed by atoms with E-state index in [-0.39, 0.29) is 17.2 Å². The summed E-state index contributed by atoms with van der Waals surface area (Å²) < 4.78 is 29.5. The Morgan fingerprint density at radius 3 is 1.95 bits per heavy atom. The number of hydrogen-bond donors (Lipinski definition) is 1. The van der Waals surface area contributed by atoms with Crippen LogP contribution in [0.2, 0.25) is 0 Å². The molecule has 5 rings (SSSR count). The molecular formula is C30H29NO7. The Morgan fingerprint density at radius 1 is 0.763 bits per heavy atom. The zero-order valence-electron chi connectivity index (χ0n) is 22.0. The number of hydrogen-bond acceptors (Lipinski definition) is 7. The van der Waals surface area contributed by atoms with Crippen LogP contribution in [0.25, 0.3) is 33.6 Å². The van der Waals surface area contributed by atoms with Crippen LogP contribution in [-0.4, -0.2) is 51.2 Å². The summed E-state index contributed by atoms with van der Waals surface area (Å²) in [6.45, 7) is 0.593. The highest BCUT2D eigenvalue weighted by atomic mass is 16.5. The summed E-state index contributed by atoms with van der Waals surface area (Å²) in [4.78, 5) is 13.5. The summed E-state index contributed by atoms with van der Waals surface area (Å²) in [6.07, 6.45) is 0.700. The van der Waals surface area contributed by atoms with Crippen molar-refractivity contribution >= 4 is 5.97 Å². The van der Waals surface area contributed by atoms with E-state index in [2.05, 4.69) is 4.57 Å². The fourth-order valence-electron chi connectivity index (χ4n) is 5.22. The van der Waals surface area contributed by atoms with Crippen molar-refractivity contribution < 1.29 is 33.6 Å². The molecule has 4 aromatic rings. The Kier molecular flexibility index (Phi) is 6.63. The minimum Gasteiger partial charge on any atom is -0.502 e. The second-order valence-electron chi connectivity index (χ2n) is 8.80. The number of rotatable bonds is 7. The van der Waals surface area contributed by atoms with Gasteiger partial charge in [-0.25, -0.2) is 4.79 Å². The van der Waals surface area contributed by atoms with Crippen LogP contribution in [0.1, 0.15) is 15.9 Å². The van der Waals surface area contributed by atoms with Crippen molar-refractivity contribution in [3.05, 3.63) is 65.7 Å². The van der Waals surface area contributed by atoms with Gasteiger partial charge in [-0.15, -0.1) is 0 Å². The van der Waals surface area contributed by atoms with Crippen molar-refractivity contribution in [2.45, 2.75) is 13.0 Å². The third-order valence-electron chi connectivity index (χ3n) is 6.94. The van der Waals surface area contributed by atoms with Gasteiger partial charge in [0, 0.05) is 23.2 Å². The molecule has 2 heterocycles. The average Bonchev–Trinajstić information content (AvgIpc) is 3.32. The minimum absolute atomic E-state index is 0.116. The van der Waals surface area contributed by atoms with E-state index in [0.717, 1.165) is 27.9 Å². The fourth-order valence-corrected chi connectivity index (χ4v) is 5.22. The Morgan fingerprint density at radius 2 is 1.37 bits per heavy atom. The number of phenolic OH excluding ortho intramolecular Hbond substituents is 1. The molecule has 1 aliphatic heterocycles. The Labute approximate surface area is 220 Å². The first kappa shape index (κ1) is 25.1. The molecule has 0 radical (unpaired) electrons.